The van der Waals surface area contributed by atoms with E-state index in [1.165, 1.54) is 17.2 Å². The van der Waals surface area contributed by atoms with Gasteiger partial charge in [-0.05, 0) is 77.3 Å². The van der Waals surface area contributed by atoms with E-state index >= 15 is 0 Å². The molecule has 3 aromatic carbocycles. The molecule has 0 spiro atoms. The molecule has 5 heteroatoms. The Hall–Kier alpha value is -4.44. The third kappa shape index (κ3) is 7.81. The number of aromatic nitrogens is 3. The summed E-state index contributed by atoms with van der Waals surface area (Å²) in [7, 11) is 0. The van der Waals surface area contributed by atoms with Gasteiger partial charge in [-0.2, -0.15) is 0 Å². The zero-order chi connectivity index (χ0) is 37.5. The fraction of sp³-hybridized carbons (Fsp3) is 0.233. The molecular formula is C43H41IrN3O-2. The van der Waals surface area contributed by atoms with Crippen molar-refractivity contribution in [2.24, 2.45) is 0 Å². The summed E-state index contributed by atoms with van der Waals surface area (Å²) in [6.45, 7) is 10.0. The Balaban J connectivity index is 0.000000325. The van der Waals surface area contributed by atoms with E-state index in [9.17, 15) is 2.74 Å². The van der Waals surface area contributed by atoms with Gasteiger partial charge in [-0.1, -0.05) is 93.6 Å². The van der Waals surface area contributed by atoms with Crippen molar-refractivity contribution in [2.75, 3.05) is 0 Å². The average molecular weight is 813 g/mol. The van der Waals surface area contributed by atoms with Crippen LogP contribution in [0.25, 0.3) is 44.6 Å². The van der Waals surface area contributed by atoms with Crippen LogP contribution in [0.3, 0.4) is 0 Å². The quantitative estimate of drug-likeness (QED) is 0.163. The summed E-state index contributed by atoms with van der Waals surface area (Å²) in [5.74, 6) is 0. The van der Waals surface area contributed by atoms with Crippen LogP contribution in [0.5, 0.6) is 0 Å². The van der Waals surface area contributed by atoms with Gasteiger partial charge in [0, 0.05) is 50.4 Å². The van der Waals surface area contributed by atoms with Crippen molar-refractivity contribution in [3.8, 4) is 22.5 Å². The van der Waals surface area contributed by atoms with E-state index in [0.29, 0.717) is 27.8 Å². The largest absolute Gasteiger partial charge is 0.486 e. The van der Waals surface area contributed by atoms with Crippen LogP contribution in [0.4, 0.5) is 0 Å². The predicted molar refractivity (Wildman–Crippen MR) is 193 cm³/mol. The second kappa shape index (κ2) is 14.4. The third-order valence-corrected chi connectivity index (χ3v) is 8.14. The first-order chi connectivity index (χ1) is 24.5. The fourth-order valence-electron chi connectivity index (χ4n) is 5.46. The molecule has 0 amide bonds. The Morgan fingerprint density at radius 1 is 0.792 bits per heavy atom. The van der Waals surface area contributed by atoms with Gasteiger partial charge < -0.3 is 14.4 Å². The van der Waals surface area contributed by atoms with Crippen LogP contribution >= 0.6 is 0 Å². The van der Waals surface area contributed by atoms with Gasteiger partial charge in [0.2, 0.25) is 5.71 Å². The van der Waals surface area contributed by atoms with Gasteiger partial charge in [-0.15, -0.1) is 54.1 Å². The molecule has 0 saturated carbocycles. The topological polar surface area (TPSA) is 51.8 Å². The molecule has 48 heavy (non-hydrogen) atoms. The number of benzene rings is 3. The Morgan fingerprint density at radius 2 is 1.58 bits per heavy atom. The van der Waals surface area contributed by atoms with Gasteiger partial charge >= 0.3 is 0 Å². The van der Waals surface area contributed by atoms with Crippen molar-refractivity contribution < 1.29 is 31.4 Å². The summed E-state index contributed by atoms with van der Waals surface area (Å²) in [5.41, 5.74) is 6.70. The van der Waals surface area contributed by atoms with Gasteiger partial charge in [0.1, 0.15) is 0 Å². The number of pyridine rings is 3. The zero-order valence-corrected chi connectivity index (χ0v) is 30.4. The Labute approximate surface area is 305 Å². The molecule has 0 N–H and O–H groups in total. The van der Waals surface area contributed by atoms with E-state index in [4.69, 9.17) is 8.53 Å². The summed E-state index contributed by atoms with van der Waals surface area (Å²) in [6.07, 6.45) is 1.74. The van der Waals surface area contributed by atoms with E-state index in [2.05, 4.69) is 66.1 Å². The molecule has 0 unspecified atom stereocenters. The van der Waals surface area contributed by atoms with Crippen LogP contribution in [0.15, 0.2) is 114 Å². The molecule has 0 bridgehead atoms. The number of hydrogen-bond acceptors (Lipinski definition) is 4. The van der Waals surface area contributed by atoms with E-state index in [1.54, 1.807) is 30.5 Å². The van der Waals surface area contributed by atoms with E-state index < -0.39 is 18.6 Å². The second-order valence-electron chi connectivity index (χ2n) is 13.3. The molecule has 0 saturated heterocycles. The van der Waals surface area contributed by atoms with Gasteiger partial charge in [0.15, 0.2) is 0 Å². The van der Waals surface area contributed by atoms with Gasteiger partial charge in [0.25, 0.3) is 0 Å². The first kappa shape index (κ1) is 28.6. The van der Waals surface area contributed by atoms with Gasteiger partial charge in [-0.3, -0.25) is 0 Å². The molecule has 0 atom stereocenters. The van der Waals surface area contributed by atoms with E-state index in [-0.39, 0.29) is 36.9 Å². The Bertz CT molecular complexity index is 2330. The molecule has 0 aliphatic carbocycles. The Morgan fingerprint density at radius 3 is 2.27 bits per heavy atom. The summed E-state index contributed by atoms with van der Waals surface area (Å²) < 4.78 is 47.5. The maximum absolute atomic E-state index is 9.22. The van der Waals surface area contributed by atoms with Gasteiger partial charge in [0.05, 0.1) is 5.58 Å². The number of rotatable bonds is 5. The van der Waals surface area contributed by atoms with Crippen molar-refractivity contribution in [1.29, 1.82) is 0 Å². The van der Waals surface area contributed by atoms with Gasteiger partial charge in [-0.25, -0.2) is 4.98 Å². The second-order valence-corrected chi connectivity index (χ2v) is 13.3. The number of furan rings is 1. The van der Waals surface area contributed by atoms with Crippen LogP contribution in [0.1, 0.15) is 69.4 Å². The number of aryl methyl sites for hydroxylation is 2. The summed E-state index contributed by atoms with van der Waals surface area (Å²) in [4.78, 5) is 13.1. The zero-order valence-electron chi connectivity index (χ0n) is 33.0. The SMILES string of the molecule is Cc1ccc(-c2[c-]cccc2)nc1.[2H]C([2H])([2H])c1ccc2c(n1)oc1c(-c3cc(C([2H])([2H])C(C)(C)c4ccc(C(C)(C)C)cc4)ccn3)[c-]ccc12.[Ir]. The van der Waals surface area contributed by atoms with Crippen molar-refractivity contribution in [3.63, 3.8) is 0 Å². The van der Waals surface area contributed by atoms with Crippen molar-refractivity contribution >= 4 is 22.1 Å². The molecule has 0 fully saturated rings. The average Bonchev–Trinajstić information content (AvgIpc) is 3.50. The van der Waals surface area contributed by atoms with Crippen molar-refractivity contribution in [2.45, 2.75) is 65.6 Å². The predicted octanol–water partition coefficient (Wildman–Crippen LogP) is 10.8. The summed E-state index contributed by atoms with van der Waals surface area (Å²) in [6, 6.07) is 36.7. The minimum absolute atomic E-state index is 0. The van der Waals surface area contributed by atoms with E-state index in [0.717, 1.165) is 22.2 Å². The first-order valence-corrected chi connectivity index (χ1v) is 15.7. The maximum atomic E-state index is 9.22. The van der Waals surface area contributed by atoms with Crippen LogP contribution in [-0.4, -0.2) is 15.0 Å². The van der Waals surface area contributed by atoms with Crippen LogP contribution < -0.4 is 0 Å². The summed E-state index contributed by atoms with van der Waals surface area (Å²) in [5, 5.41) is 1.46. The third-order valence-electron chi connectivity index (χ3n) is 8.14. The normalized spacial score (nSPS) is 13.7. The fourth-order valence-corrected chi connectivity index (χ4v) is 5.46. The number of fused-ring (bicyclic) bond motifs is 3. The standard InChI is InChI=1S/C31H31N2O.C12H10N.Ir/c1-20-10-15-25-24-8-7-9-26(28(24)34-29(25)33-20)27-18-21(16-17-32-27)19-31(5,6)23-13-11-22(12-14-23)30(2,3)4;1-10-7-8-12(13-9-10)11-5-3-2-4-6-11;/h7-8,10-18H,19H2,1-6H3;2-5,7-9H,1H3;/q2*-1;/i1D3,19D2;;. The molecular weight excluding hydrogens is 767 g/mol. The molecule has 245 valence electrons. The van der Waals surface area contributed by atoms with Crippen LogP contribution in [0.2, 0.25) is 0 Å². The molecule has 0 aliphatic heterocycles. The Kier molecular flexibility index (Phi) is 8.54. The molecule has 4 heterocycles. The smallest absolute Gasteiger partial charge is 0.216 e. The molecule has 7 rings (SSSR count). The molecule has 4 nitrogen and oxygen atoms in total. The minimum Gasteiger partial charge on any atom is -0.486 e. The molecule has 7 aromatic rings. The molecule has 1 radical (unpaired) electrons. The van der Waals surface area contributed by atoms with Crippen LogP contribution in [0, 0.1) is 25.9 Å². The van der Waals surface area contributed by atoms with Crippen LogP contribution in [-0.2, 0) is 37.3 Å². The maximum Gasteiger partial charge on any atom is 0.216 e. The first-order valence-electron chi connectivity index (χ1n) is 18.2. The number of hydrogen-bond donors (Lipinski definition) is 0. The van der Waals surface area contributed by atoms with Crippen molar-refractivity contribution in [3.05, 3.63) is 150 Å². The number of nitrogens with zero attached hydrogens (tertiary/aromatic N) is 3. The molecule has 0 aliphatic rings. The molecule has 4 aromatic heterocycles. The van der Waals surface area contributed by atoms with Crippen molar-refractivity contribution in [1.82, 2.24) is 15.0 Å². The van der Waals surface area contributed by atoms with E-state index in [1.807, 2.05) is 75.5 Å². The minimum atomic E-state index is -2.34. The summed E-state index contributed by atoms with van der Waals surface area (Å²) >= 11 is 0. The monoisotopic (exact) mass is 813 g/mol.